The Morgan fingerprint density at radius 1 is 1.04 bits per heavy atom. The highest BCUT2D eigenvalue weighted by molar-refractivity contribution is 5.80. The van der Waals surface area contributed by atoms with Crippen LogP contribution in [0.1, 0.15) is 92.4 Å². The molecule has 3 unspecified atom stereocenters. The predicted molar refractivity (Wildman–Crippen MR) is 111 cm³/mol. The molecule has 2 N–H and O–H groups in total. The number of hydrogen-bond donors (Lipinski definition) is 2. The van der Waals surface area contributed by atoms with Crippen LogP contribution in [0, 0.1) is 51.8 Å². The zero-order valence-electron chi connectivity index (χ0n) is 18.7. The number of aliphatic hydroxyl groups is 2. The molecule has 0 heterocycles. The van der Waals surface area contributed by atoms with Gasteiger partial charge >= 0.3 is 0 Å². The summed E-state index contributed by atoms with van der Waals surface area (Å²) in [5, 5.41) is 19.0. The Balaban J connectivity index is 1.63. The summed E-state index contributed by atoms with van der Waals surface area (Å²) in [5.41, 5.74) is 0.938. The first-order chi connectivity index (χ1) is 13.0. The summed E-state index contributed by atoms with van der Waals surface area (Å²) in [6, 6.07) is 0. The Bertz CT molecular complexity index is 625. The standard InChI is InChI=1S/C25H42O3/c1-15-12-17(26)13-16-6-7-18-19(25(15,16)5)10-11-24(4)20(18)14-23(2,3)21(24)8-9-22(27)28/h15-16,18-22,27-28H,6-14H2,1-5H3/t15?,16?,18-,19-,20+,21?,24+,25+/m1/s1. The van der Waals surface area contributed by atoms with Crippen LogP contribution in [0.3, 0.4) is 0 Å². The fourth-order valence-corrected chi connectivity index (χ4v) is 9.28. The Hall–Kier alpha value is -0.410. The van der Waals surface area contributed by atoms with E-state index in [1.807, 2.05) is 0 Å². The van der Waals surface area contributed by atoms with Crippen LogP contribution >= 0.6 is 0 Å². The molecule has 4 saturated carbocycles. The van der Waals surface area contributed by atoms with Crippen molar-refractivity contribution >= 4 is 5.78 Å². The number of Topliss-reactive ketones (excluding diaryl/α,β-unsaturated/α-hetero) is 1. The molecular formula is C25H42O3. The van der Waals surface area contributed by atoms with E-state index in [0.29, 0.717) is 40.8 Å². The highest BCUT2D eigenvalue weighted by Crippen LogP contribution is 2.71. The van der Waals surface area contributed by atoms with E-state index in [1.54, 1.807) is 0 Å². The monoisotopic (exact) mass is 390 g/mol. The summed E-state index contributed by atoms with van der Waals surface area (Å²) in [7, 11) is 0. The van der Waals surface area contributed by atoms with Crippen LogP contribution in [-0.2, 0) is 4.79 Å². The number of carbonyl (C=O) groups excluding carboxylic acids is 1. The lowest BCUT2D eigenvalue weighted by Gasteiger charge is -2.62. The van der Waals surface area contributed by atoms with Gasteiger partial charge in [-0.1, -0.05) is 34.6 Å². The third-order valence-electron chi connectivity index (χ3n) is 10.7. The molecule has 4 fully saturated rings. The van der Waals surface area contributed by atoms with Crippen LogP contribution in [0.15, 0.2) is 0 Å². The van der Waals surface area contributed by atoms with Crippen molar-refractivity contribution in [3.8, 4) is 0 Å². The van der Waals surface area contributed by atoms with Crippen LogP contribution in [0.4, 0.5) is 0 Å². The van der Waals surface area contributed by atoms with Crippen molar-refractivity contribution in [1.29, 1.82) is 0 Å². The zero-order chi connectivity index (χ0) is 20.5. The smallest absolute Gasteiger partial charge is 0.151 e. The topological polar surface area (TPSA) is 57.5 Å². The van der Waals surface area contributed by atoms with Gasteiger partial charge in [0.05, 0.1) is 0 Å². The van der Waals surface area contributed by atoms with Gasteiger partial charge in [-0.3, -0.25) is 4.79 Å². The van der Waals surface area contributed by atoms with Gasteiger partial charge in [-0.25, -0.2) is 0 Å². The summed E-state index contributed by atoms with van der Waals surface area (Å²) in [5.74, 6) is 4.51. The zero-order valence-corrected chi connectivity index (χ0v) is 18.7. The first-order valence-corrected chi connectivity index (χ1v) is 11.9. The van der Waals surface area contributed by atoms with Crippen LogP contribution in [0.2, 0.25) is 0 Å². The fraction of sp³-hybridized carbons (Fsp3) is 0.960. The van der Waals surface area contributed by atoms with Crippen molar-refractivity contribution in [1.82, 2.24) is 0 Å². The minimum absolute atomic E-state index is 0.273. The van der Waals surface area contributed by atoms with Gasteiger partial charge in [0.1, 0.15) is 5.78 Å². The molecule has 3 heteroatoms. The van der Waals surface area contributed by atoms with Gasteiger partial charge in [0.2, 0.25) is 0 Å². The molecule has 8 atom stereocenters. The van der Waals surface area contributed by atoms with Gasteiger partial charge in [-0.05, 0) is 96.7 Å². The highest BCUT2D eigenvalue weighted by Gasteiger charge is 2.64. The Morgan fingerprint density at radius 3 is 2.43 bits per heavy atom. The molecule has 0 radical (unpaired) electrons. The van der Waals surface area contributed by atoms with Crippen molar-refractivity contribution < 1.29 is 15.0 Å². The molecule has 4 aliphatic rings. The Morgan fingerprint density at radius 2 is 1.75 bits per heavy atom. The van der Waals surface area contributed by atoms with E-state index in [4.69, 9.17) is 0 Å². The summed E-state index contributed by atoms with van der Waals surface area (Å²) < 4.78 is 0. The van der Waals surface area contributed by atoms with Crippen molar-refractivity contribution in [3.63, 3.8) is 0 Å². The lowest BCUT2D eigenvalue weighted by Crippen LogP contribution is -2.56. The van der Waals surface area contributed by atoms with Gasteiger partial charge in [-0.15, -0.1) is 0 Å². The molecule has 4 aliphatic carbocycles. The average molecular weight is 391 g/mol. The fourth-order valence-electron chi connectivity index (χ4n) is 9.28. The highest BCUT2D eigenvalue weighted by atomic mass is 16.5. The molecular weight excluding hydrogens is 348 g/mol. The molecule has 0 amide bonds. The maximum absolute atomic E-state index is 12.3. The van der Waals surface area contributed by atoms with Crippen molar-refractivity contribution in [2.45, 2.75) is 98.7 Å². The van der Waals surface area contributed by atoms with E-state index in [9.17, 15) is 15.0 Å². The average Bonchev–Trinajstić information content (AvgIpc) is 2.79. The number of rotatable bonds is 3. The van der Waals surface area contributed by atoms with Crippen LogP contribution < -0.4 is 0 Å². The number of ketones is 1. The van der Waals surface area contributed by atoms with E-state index < -0.39 is 6.29 Å². The quantitative estimate of drug-likeness (QED) is 0.652. The summed E-state index contributed by atoms with van der Waals surface area (Å²) in [6.45, 7) is 12.3. The van der Waals surface area contributed by atoms with Gasteiger partial charge in [-0.2, -0.15) is 0 Å². The van der Waals surface area contributed by atoms with Gasteiger partial charge < -0.3 is 10.2 Å². The molecule has 28 heavy (non-hydrogen) atoms. The third-order valence-corrected chi connectivity index (χ3v) is 10.7. The Kier molecular flexibility index (Phi) is 5.07. The van der Waals surface area contributed by atoms with Crippen LogP contribution in [0.25, 0.3) is 0 Å². The lowest BCUT2D eigenvalue weighted by atomic mass is 9.42. The molecule has 0 saturated heterocycles. The van der Waals surface area contributed by atoms with Gasteiger partial charge in [0.15, 0.2) is 6.29 Å². The maximum Gasteiger partial charge on any atom is 0.151 e. The van der Waals surface area contributed by atoms with E-state index >= 15 is 0 Å². The number of hydrogen-bond acceptors (Lipinski definition) is 3. The van der Waals surface area contributed by atoms with Gasteiger partial charge in [0.25, 0.3) is 0 Å². The van der Waals surface area contributed by atoms with Crippen LogP contribution in [-0.4, -0.2) is 22.3 Å². The minimum atomic E-state index is -1.18. The summed E-state index contributed by atoms with van der Waals surface area (Å²) in [6.07, 6.45) is 8.28. The number of carbonyl (C=O) groups is 1. The molecule has 160 valence electrons. The summed E-state index contributed by atoms with van der Waals surface area (Å²) in [4.78, 5) is 12.3. The predicted octanol–water partition coefficient (Wildman–Crippen LogP) is 5.19. The van der Waals surface area contributed by atoms with Crippen molar-refractivity contribution in [3.05, 3.63) is 0 Å². The normalized spacial score (nSPS) is 50.2. The lowest BCUT2D eigenvalue weighted by molar-refractivity contribution is -0.152. The largest absolute Gasteiger partial charge is 0.368 e. The molecule has 0 spiro atoms. The van der Waals surface area contributed by atoms with Crippen molar-refractivity contribution in [2.75, 3.05) is 0 Å². The third kappa shape index (κ3) is 2.94. The van der Waals surface area contributed by atoms with E-state index in [-0.39, 0.29) is 5.41 Å². The van der Waals surface area contributed by atoms with Gasteiger partial charge in [0, 0.05) is 12.8 Å². The minimum Gasteiger partial charge on any atom is -0.368 e. The molecule has 0 aromatic heterocycles. The molecule has 0 aliphatic heterocycles. The molecule has 4 rings (SSSR count). The van der Waals surface area contributed by atoms with E-state index in [2.05, 4.69) is 34.6 Å². The van der Waals surface area contributed by atoms with Crippen LogP contribution in [0.5, 0.6) is 0 Å². The molecule has 0 bridgehead atoms. The Labute approximate surface area is 171 Å². The molecule has 3 nitrogen and oxygen atoms in total. The number of aliphatic hydroxyl groups excluding tert-OH is 1. The van der Waals surface area contributed by atoms with E-state index in [1.165, 1.54) is 32.1 Å². The first-order valence-electron chi connectivity index (χ1n) is 11.9. The second-order valence-corrected chi connectivity index (χ2v) is 12.2. The first kappa shape index (κ1) is 20.8. The maximum atomic E-state index is 12.3. The van der Waals surface area contributed by atoms with Crippen molar-refractivity contribution in [2.24, 2.45) is 51.8 Å². The second-order valence-electron chi connectivity index (χ2n) is 12.2. The molecule has 0 aromatic carbocycles. The molecule has 0 aromatic rings. The second kappa shape index (κ2) is 6.80. The number of fused-ring (bicyclic) bond motifs is 5. The SMILES string of the molecule is CC1CC(=O)CC2CC[C@@H]3[C@@H](CC[C@]4(C)C(CCC(O)O)C(C)(C)C[C@@H]34)[C@@]12C. The van der Waals surface area contributed by atoms with E-state index in [0.717, 1.165) is 37.0 Å². The summed E-state index contributed by atoms with van der Waals surface area (Å²) >= 11 is 0.